The van der Waals surface area contributed by atoms with E-state index in [-0.39, 0.29) is 0 Å². The van der Waals surface area contributed by atoms with Gasteiger partial charge in [-0.2, -0.15) is 0 Å². The number of halogens is 4. The van der Waals surface area contributed by atoms with Crippen LogP contribution in [-0.2, 0) is 4.79 Å². The first-order valence-corrected chi connectivity index (χ1v) is 2.44. The molecule has 0 heterocycles. The Morgan fingerprint density at radius 3 is 2.00 bits per heavy atom. The molecule has 0 aromatic heterocycles. The van der Waals surface area contributed by atoms with Gasteiger partial charge in [0.05, 0.1) is 0 Å². The average Bonchev–Trinajstić information content (AvgIpc) is 1.65. The summed E-state index contributed by atoms with van der Waals surface area (Å²) in [7, 11) is 0. The van der Waals surface area contributed by atoms with Crippen LogP contribution in [0.3, 0.4) is 0 Å². The average molecular weight is 161 g/mol. The number of rotatable bonds is 2. The van der Waals surface area contributed by atoms with Gasteiger partial charge in [0.25, 0.3) is 6.43 Å². The van der Waals surface area contributed by atoms with Gasteiger partial charge in [-0.15, -0.1) is 0 Å². The van der Waals surface area contributed by atoms with Gasteiger partial charge < -0.3 is 0 Å². The molecule has 0 saturated carbocycles. The van der Waals surface area contributed by atoms with Gasteiger partial charge in [0, 0.05) is 0 Å². The maximum atomic E-state index is 12.0. The van der Waals surface area contributed by atoms with Gasteiger partial charge >= 0.3 is 5.13 Å². The summed E-state index contributed by atoms with van der Waals surface area (Å²) in [5.74, 6) is -1.38. The molecule has 0 rings (SSSR count). The number of hydrogen-bond donors (Lipinski definition) is 0. The lowest BCUT2D eigenvalue weighted by molar-refractivity contribution is -0.130. The van der Waals surface area contributed by atoms with E-state index in [2.05, 4.69) is 11.6 Å². The minimum Gasteiger partial charge on any atom is -0.295 e. The predicted molar refractivity (Wildman–Crippen MR) is 26.4 cm³/mol. The molecule has 0 N–H and O–H groups in total. The van der Waals surface area contributed by atoms with Gasteiger partial charge in [0.2, 0.25) is 0 Å². The van der Waals surface area contributed by atoms with Gasteiger partial charge in [0.15, 0.2) is 5.78 Å². The molecular formula is C4H4ClF3O. The van der Waals surface area contributed by atoms with E-state index in [0.717, 1.165) is 0 Å². The minimum absolute atomic E-state index is 0.666. The number of carbonyl (C=O) groups excluding carboxylic acids is 1. The van der Waals surface area contributed by atoms with Crippen molar-refractivity contribution >= 4 is 17.4 Å². The summed E-state index contributed by atoms with van der Waals surface area (Å²) >= 11 is 4.44. The zero-order valence-corrected chi connectivity index (χ0v) is 5.25. The van der Waals surface area contributed by atoms with Crippen molar-refractivity contribution in [2.75, 3.05) is 0 Å². The summed E-state index contributed by atoms with van der Waals surface area (Å²) < 4.78 is 34.7. The van der Waals surface area contributed by atoms with E-state index >= 15 is 0 Å². The van der Waals surface area contributed by atoms with Crippen molar-refractivity contribution in [3.05, 3.63) is 0 Å². The largest absolute Gasteiger partial charge is 0.300 e. The molecule has 0 aromatic carbocycles. The number of carbonyl (C=O) groups is 1. The van der Waals surface area contributed by atoms with E-state index in [1.54, 1.807) is 0 Å². The lowest BCUT2D eigenvalue weighted by Gasteiger charge is -2.11. The van der Waals surface area contributed by atoms with E-state index in [1.807, 2.05) is 0 Å². The van der Waals surface area contributed by atoms with E-state index in [0.29, 0.717) is 6.92 Å². The molecule has 0 radical (unpaired) electrons. The summed E-state index contributed by atoms with van der Waals surface area (Å²) in [6.07, 6.45) is -3.46. The van der Waals surface area contributed by atoms with Crippen molar-refractivity contribution in [2.45, 2.75) is 18.5 Å². The fourth-order valence-electron chi connectivity index (χ4n) is 0.154. The Kier molecular flexibility index (Phi) is 2.49. The molecule has 9 heavy (non-hydrogen) atoms. The van der Waals surface area contributed by atoms with Crippen LogP contribution >= 0.6 is 11.6 Å². The van der Waals surface area contributed by atoms with Crippen molar-refractivity contribution in [1.82, 2.24) is 0 Å². The molecule has 0 spiro atoms. The second-order valence-corrected chi connectivity index (χ2v) is 2.03. The second kappa shape index (κ2) is 2.56. The topological polar surface area (TPSA) is 17.1 Å². The number of Topliss-reactive ketones (excluding diaryl/α,β-unsaturated/α-hetero) is 1. The highest BCUT2D eigenvalue weighted by Crippen LogP contribution is 2.26. The smallest absolute Gasteiger partial charge is 0.295 e. The quantitative estimate of drug-likeness (QED) is 0.563. The fraction of sp³-hybridized carbons (Fsp3) is 0.750. The van der Waals surface area contributed by atoms with Crippen LogP contribution in [0.1, 0.15) is 6.92 Å². The highest BCUT2D eigenvalue weighted by molar-refractivity contribution is 6.33. The third kappa shape index (κ3) is 1.86. The number of hydrogen-bond acceptors (Lipinski definition) is 1. The first-order chi connectivity index (χ1) is 3.89. The van der Waals surface area contributed by atoms with Gasteiger partial charge in [-0.1, -0.05) is 11.6 Å². The third-order valence-corrected chi connectivity index (χ3v) is 1.17. The Morgan fingerprint density at radius 1 is 1.67 bits per heavy atom. The molecule has 0 saturated heterocycles. The molecule has 1 atom stereocenters. The van der Waals surface area contributed by atoms with E-state index in [9.17, 15) is 18.0 Å². The van der Waals surface area contributed by atoms with Crippen LogP contribution < -0.4 is 0 Å². The molecule has 54 valence electrons. The van der Waals surface area contributed by atoms with Crippen LogP contribution in [-0.4, -0.2) is 17.3 Å². The summed E-state index contributed by atoms with van der Waals surface area (Å²) in [5.41, 5.74) is 0. The van der Waals surface area contributed by atoms with Crippen molar-refractivity contribution in [2.24, 2.45) is 0 Å². The zero-order valence-electron chi connectivity index (χ0n) is 4.50. The first kappa shape index (κ1) is 8.75. The molecule has 0 amide bonds. The van der Waals surface area contributed by atoms with E-state index in [1.165, 1.54) is 0 Å². The molecule has 5 heteroatoms. The Labute approximate surface area is 54.8 Å². The molecule has 0 aromatic rings. The van der Waals surface area contributed by atoms with Crippen molar-refractivity contribution < 1.29 is 18.0 Å². The van der Waals surface area contributed by atoms with Crippen LogP contribution in [0.25, 0.3) is 0 Å². The van der Waals surface area contributed by atoms with E-state index in [4.69, 9.17) is 0 Å². The van der Waals surface area contributed by atoms with Gasteiger partial charge in [-0.05, 0) is 6.92 Å². The standard InChI is InChI=1S/C4H4ClF3O/c1-2(9)4(5,8)3(6)7/h3H,1H3. The molecular weight excluding hydrogens is 156 g/mol. The van der Waals surface area contributed by atoms with Crippen LogP contribution in [0.5, 0.6) is 0 Å². The number of alkyl halides is 4. The summed E-state index contributed by atoms with van der Waals surface area (Å²) in [5, 5.41) is -3.50. The third-order valence-electron chi connectivity index (χ3n) is 0.743. The first-order valence-electron chi connectivity index (χ1n) is 2.06. The van der Waals surface area contributed by atoms with Crippen LogP contribution in [0.4, 0.5) is 13.2 Å². The van der Waals surface area contributed by atoms with Crippen molar-refractivity contribution in [3.8, 4) is 0 Å². The molecule has 0 fully saturated rings. The minimum atomic E-state index is -3.50. The molecule has 0 bridgehead atoms. The molecule has 0 aliphatic heterocycles. The fourth-order valence-corrected chi connectivity index (χ4v) is 0.154. The summed E-state index contributed by atoms with van der Waals surface area (Å²) in [6.45, 7) is 0.666. The molecule has 0 aliphatic carbocycles. The lowest BCUT2D eigenvalue weighted by atomic mass is 10.3. The Bertz CT molecular complexity index is 123. The van der Waals surface area contributed by atoms with Crippen LogP contribution in [0.2, 0.25) is 0 Å². The normalized spacial score (nSPS) is 17.6. The Morgan fingerprint density at radius 2 is 2.00 bits per heavy atom. The predicted octanol–water partition coefficient (Wildman–Crippen LogP) is 1.75. The molecule has 1 unspecified atom stereocenters. The highest BCUT2D eigenvalue weighted by Gasteiger charge is 2.43. The summed E-state index contributed by atoms with van der Waals surface area (Å²) in [4.78, 5) is 9.92. The maximum absolute atomic E-state index is 12.0. The van der Waals surface area contributed by atoms with Gasteiger partial charge in [-0.3, -0.25) is 4.79 Å². The maximum Gasteiger partial charge on any atom is 0.300 e. The molecule has 0 aliphatic rings. The lowest BCUT2D eigenvalue weighted by Crippen LogP contribution is -2.33. The zero-order chi connectivity index (χ0) is 7.65. The van der Waals surface area contributed by atoms with Crippen LogP contribution in [0.15, 0.2) is 0 Å². The monoisotopic (exact) mass is 160 g/mol. The number of ketones is 1. The second-order valence-electron chi connectivity index (χ2n) is 1.48. The van der Waals surface area contributed by atoms with Crippen molar-refractivity contribution in [1.29, 1.82) is 0 Å². The Balaban J connectivity index is 4.19. The van der Waals surface area contributed by atoms with Crippen molar-refractivity contribution in [3.63, 3.8) is 0 Å². The Hall–Kier alpha value is -0.250. The van der Waals surface area contributed by atoms with Gasteiger partial charge in [-0.25, -0.2) is 13.2 Å². The molecule has 1 nitrogen and oxygen atoms in total. The highest BCUT2D eigenvalue weighted by atomic mass is 35.5. The van der Waals surface area contributed by atoms with E-state index < -0.39 is 17.3 Å². The summed E-state index contributed by atoms with van der Waals surface area (Å²) in [6, 6.07) is 0. The van der Waals surface area contributed by atoms with Crippen LogP contribution in [0, 0.1) is 0 Å². The van der Waals surface area contributed by atoms with Gasteiger partial charge in [0.1, 0.15) is 0 Å². The SMILES string of the molecule is CC(=O)C(F)(Cl)C(F)F.